The van der Waals surface area contributed by atoms with Crippen LogP contribution in [0.4, 0.5) is 0 Å². The Morgan fingerprint density at radius 2 is 1.54 bits per heavy atom. The number of para-hydroxylation sites is 1. The van der Waals surface area contributed by atoms with E-state index in [0.29, 0.717) is 6.42 Å². The van der Waals surface area contributed by atoms with Crippen LogP contribution in [0.3, 0.4) is 0 Å². The second kappa shape index (κ2) is 13.1. The van der Waals surface area contributed by atoms with Crippen LogP contribution in [-0.4, -0.2) is 34.1 Å². The zero-order valence-electron chi connectivity index (χ0n) is 21.9. The molecule has 0 unspecified atom stereocenters. The van der Waals surface area contributed by atoms with Gasteiger partial charge in [-0.3, -0.25) is 4.79 Å². The van der Waals surface area contributed by atoms with Crippen molar-refractivity contribution in [3.05, 3.63) is 114 Å². The highest BCUT2D eigenvalue weighted by Crippen LogP contribution is 2.29. The van der Waals surface area contributed by atoms with Gasteiger partial charge in [0.25, 0.3) is 5.91 Å². The van der Waals surface area contributed by atoms with E-state index in [0.717, 1.165) is 46.8 Å². The lowest BCUT2D eigenvalue weighted by Crippen LogP contribution is -2.43. The summed E-state index contributed by atoms with van der Waals surface area (Å²) >= 11 is 0. The number of nitrogens with one attached hydrogen (secondary N) is 1. The van der Waals surface area contributed by atoms with Crippen LogP contribution in [0, 0.1) is 0 Å². The molecule has 5 rings (SSSR count). The number of halogens is 1. The molecular formula is C32H32ClN3O3. The third-order valence-electron chi connectivity index (χ3n) is 6.74. The average Bonchev–Trinajstić information content (AvgIpc) is 3.27. The molecule has 1 N–H and O–H groups in total. The number of aryl methyl sites for hydroxylation is 2. The number of nitrogens with zero attached hydrogens (tertiary/aromatic N) is 2. The van der Waals surface area contributed by atoms with Crippen molar-refractivity contribution >= 4 is 46.1 Å². The van der Waals surface area contributed by atoms with Crippen molar-refractivity contribution < 1.29 is 14.3 Å². The number of carbonyl (C=O) groups excluding carboxylic acids is 2. The van der Waals surface area contributed by atoms with Crippen LogP contribution in [0.15, 0.2) is 97.2 Å². The third-order valence-corrected chi connectivity index (χ3v) is 6.74. The Labute approximate surface area is 234 Å². The van der Waals surface area contributed by atoms with Gasteiger partial charge in [-0.2, -0.15) is 0 Å². The van der Waals surface area contributed by atoms with Gasteiger partial charge >= 0.3 is 5.97 Å². The van der Waals surface area contributed by atoms with Gasteiger partial charge in [-0.05, 0) is 43.0 Å². The van der Waals surface area contributed by atoms with E-state index in [1.54, 1.807) is 13.1 Å². The van der Waals surface area contributed by atoms with Crippen LogP contribution in [0.5, 0.6) is 0 Å². The van der Waals surface area contributed by atoms with E-state index in [9.17, 15) is 9.59 Å². The van der Waals surface area contributed by atoms with E-state index in [1.807, 2.05) is 54.6 Å². The predicted molar refractivity (Wildman–Crippen MR) is 157 cm³/mol. The summed E-state index contributed by atoms with van der Waals surface area (Å²) in [6, 6.07) is 29.3. The monoisotopic (exact) mass is 541 g/mol. The van der Waals surface area contributed by atoms with Gasteiger partial charge in [0.15, 0.2) is 0 Å². The predicted octanol–water partition coefficient (Wildman–Crippen LogP) is 6.15. The second-order valence-corrected chi connectivity index (χ2v) is 9.31. The minimum Gasteiger partial charge on any atom is -0.464 e. The standard InChI is InChI=1S/C32H31N3O3.ClH/c1-2-38-32(37)28(20-24-14-7-4-8-15-24)34-31(36)27-21-26-25-17-9-10-18-29(25)35(30(26)22-33-27)19-11-16-23-12-5-3-6-13-23;/h3-10,12-15,17-18,21-22,28H,2,11,16,19-20H2,1H3,(H,34,36);1H/t28-;/m0./s1. The van der Waals surface area contributed by atoms with Gasteiger partial charge in [0.1, 0.15) is 11.7 Å². The third kappa shape index (κ3) is 6.47. The molecule has 2 heterocycles. The molecule has 0 aliphatic carbocycles. The molecule has 0 saturated carbocycles. The summed E-state index contributed by atoms with van der Waals surface area (Å²) in [5, 5.41) is 4.90. The number of aromatic nitrogens is 2. The number of carbonyl (C=O) groups is 2. The maximum absolute atomic E-state index is 13.3. The van der Waals surface area contributed by atoms with Gasteiger partial charge in [-0.1, -0.05) is 78.9 Å². The molecule has 0 spiro atoms. The van der Waals surface area contributed by atoms with Crippen molar-refractivity contribution in [1.29, 1.82) is 0 Å². The number of amides is 1. The molecule has 7 heteroatoms. The number of ether oxygens (including phenoxy) is 1. The minimum absolute atomic E-state index is 0. The normalized spacial score (nSPS) is 11.6. The van der Waals surface area contributed by atoms with Crippen LogP contribution >= 0.6 is 12.4 Å². The fourth-order valence-electron chi connectivity index (χ4n) is 4.91. The lowest BCUT2D eigenvalue weighted by atomic mass is 10.1. The van der Waals surface area contributed by atoms with Crippen molar-refractivity contribution in [3.63, 3.8) is 0 Å². The van der Waals surface area contributed by atoms with Gasteiger partial charge in [0.2, 0.25) is 0 Å². The van der Waals surface area contributed by atoms with E-state index in [1.165, 1.54) is 5.56 Å². The molecule has 0 radical (unpaired) electrons. The number of hydrogen-bond acceptors (Lipinski definition) is 4. The number of pyridine rings is 1. The van der Waals surface area contributed by atoms with E-state index in [2.05, 4.69) is 51.3 Å². The molecule has 39 heavy (non-hydrogen) atoms. The van der Waals surface area contributed by atoms with Gasteiger partial charge in [-0.15, -0.1) is 12.4 Å². The molecule has 1 atom stereocenters. The lowest BCUT2D eigenvalue weighted by molar-refractivity contribution is -0.145. The van der Waals surface area contributed by atoms with Crippen molar-refractivity contribution in [1.82, 2.24) is 14.9 Å². The summed E-state index contributed by atoms with van der Waals surface area (Å²) in [6.45, 7) is 2.84. The van der Waals surface area contributed by atoms with Gasteiger partial charge in [0, 0.05) is 29.3 Å². The Bertz CT molecular complexity index is 1550. The van der Waals surface area contributed by atoms with Crippen molar-refractivity contribution in [3.8, 4) is 0 Å². The minimum atomic E-state index is -0.804. The zero-order chi connectivity index (χ0) is 26.3. The fourth-order valence-corrected chi connectivity index (χ4v) is 4.91. The second-order valence-electron chi connectivity index (χ2n) is 9.31. The first kappa shape index (κ1) is 27.9. The van der Waals surface area contributed by atoms with Gasteiger partial charge in [-0.25, -0.2) is 9.78 Å². The summed E-state index contributed by atoms with van der Waals surface area (Å²) in [6.07, 6.45) is 4.08. The summed E-state index contributed by atoms with van der Waals surface area (Å²) < 4.78 is 7.51. The molecule has 1 amide bonds. The largest absolute Gasteiger partial charge is 0.464 e. The highest BCUT2D eigenvalue weighted by Gasteiger charge is 2.24. The molecule has 6 nitrogen and oxygen atoms in total. The van der Waals surface area contributed by atoms with Crippen molar-refractivity contribution in [2.75, 3.05) is 6.61 Å². The van der Waals surface area contributed by atoms with Crippen LogP contribution in [0.2, 0.25) is 0 Å². The maximum Gasteiger partial charge on any atom is 0.328 e. The van der Waals surface area contributed by atoms with Crippen molar-refractivity contribution in [2.24, 2.45) is 0 Å². The molecule has 3 aromatic carbocycles. The van der Waals surface area contributed by atoms with E-state index >= 15 is 0 Å². The fraction of sp³-hybridized carbons (Fsp3) is 0.219. The summed E-state index contributed by atoms with van der Waals surface area (Å²) in [5.41, 5.74) is 4.63. The topological polar surface area (TPSA) is 73.2 Å². The molecule has 5 aromatic rings. The molecule has 2 aromatic heterocycles. The summed E-state index contributed by atoms with van der Waals surface area (Å²) in [5.74, 6) is -0.859. The van der Waals surface area contributed by atoms with Gasteiger partial charge in [0.05, 0.1) is 18.3 Å². The Morgan fingerprint density at radius 3 is 2.26 bits per heavy atom. The molecule has 0 fully saturated rings. The van der Waals surface area contributed by atoms with Gasteiger partial charge < -0.3 is 14.6 Å². The Kier molecular flexibility index (Phi) is 9.34. The van der Waals surface area contributed by atoms with Crippen LogP contribution in [0.1, 0.15) is 35.0 Å². The first-order chi connectivity index (χ1) is 18.6. The first-order valence-electron chi connectivity index (χ1n) is 13.1. The molecule has 0 bridgehead atoms. The summed E-state index contributed by atoms with van der Waals surface area (Å²) in [7, 11) is 0. The van der Waals surface area contributed by atoms with Crippen molar-refractivity contribution in [2.45, 2.75) is 38.8 Å². The maximum atomic E-state index is 13.3. The molecule has 0 saturated heterocycles. The van der Waals surface area contributed by atoms with Crippen LogP contribution in [-0.2, 0) is 28.9 Å². The number of hydrogen-bond donors (Lipinski definition) is 1. The quantitative estimate of drug-likeness (QED) is 0.215. The smallest absolute Gasteiger partial charge is 0.328 e. The lowest BCUT2D eigenvalue weighted by Gasteiger charge is -2.17. The molecular weight excluding hydrogens is 510 g/mol. The molecule has 0 aliphatic rings. The van der Waals surface area contributed by atoms with E-state index in [4.69, 9.17) is 4.74 Å². The average molecular weight is 542 g/mol. The number of benzene rings is 3. The number of esters is 1. The highest BCUT2D eigenvalue weighted by molar-refractivity contribution is 6.10. The van der Waals surface area contributed by atoms with Crippen LogP contribution < -0.4 is 5.32 Å². The zero-order valence-corrected chi connectivity index (χ0v) is 22.7. The Hall–Kier alpha value is -4.16. The molecule has 0 aliphatic heterocycles. The molecule has 200 valence electrons. The first-order valence-corrected chi connectivity index (χ1v) is 13.1. The van der Waals surface area contributed by atoms with E-state index in [-0.39, 0.29) is 24.7 Å². The Morgan fingerprint density at radius 1 is 0.872 bits per heavy atom. The Balaban J connectivity index is 0.00000353. The van der Waals surface area contributed by atoms with E-state index < -0.39 is 17.9 Å². The van der Waals surface area contributed by atoms with Crippen LogP contribution in [0.25, 0.3) is 21.8 Å². The number of rotatable bonds is 10. The summed E-state index contributed by atoms with van der Waals surface area (Å²) in [4.78, 5) is 30.4. The number of fused-ring (bicyclic) bond motifs is 3. The SMILES string of the molecule is CCOC(=O)[C@H](Cc1ccccc1)NC(=O)c1cc2c3ccccc3n(CCCc3ccccc3)c2cn1.Cl. The highest BCUT2D eigenvalue weighted by atomic mass is 35.5.